The Morgan fingerprint density at radius 3 is 2.48 bits per heavy atom. The van der Waals surface area contributed by atoms with Gasteiger partial charge < -0.3 is 14.1 Å². The molecule has 2 aromatic rings. The zero-order valence-corrected chi connectivity index (χ0v) is 15.9. The second kappa shape index (κ2) is 6.07. The largest absolute Gasteiger partial charge is 0.409 e. The van der Waals surface area contributed by atoms with Crippen molar-refractivity contribution in [1.82, 2.24) is 15.1 Å². The molecule has 1 saturated carbocycles. The number of carbonyl (C=O) groups is 1. The van der Waals surface area contributed by atoms with Crippen LogP contribution in [-0.4, -0.2) is 46.8 Å². The van der Waals surface area contributed by atoms with E-state index >= 15 is 0 Å². The van der Waals surface area contributed by atoms with Crippen LogP contribution in [0, 0.1) is 10.3 Å². The Kier molecular flexibility index (Phi) is 4.33. The number of aromatic amines is 1. The minimum Gasteiger partial charge on any atom is -0.409 e. The van der Waals surface area contributed by atoms with Crippen LogP contribution in [0.4, 0.5) is 0 Å². The first-order chi connectivity index (χ1) is 11.7. The van der Waals surface area contributed by atoms with E-state index in [1.54, 1.807) is 31.4 Å². The minimum atomic E-state index is -0.209. The summed E-state index contributed by atoms with van der Waals surface area (Å²) >= 11 is 4.88. The van der Waals surface area contributed by atoms with E-state index in [1.807, 2.05) is 11.9 Å². The number of nitrogens with one attached hydrogen (secondary N) is 1. The second-order valence-corrected chi connectivity index (χ2v) is 7.66. The van der Waals surface area contributed by atoms with E-state index in [4.69, 9.17) is 21.4 Å². The Morgan fingerprint density at radius 2 is 2.00 bits per heavy atom. The number of hydrogen-bond acceptors (Lipinski definition) is 5. The fourth-order valence-electron chi connectivity index (χ4n) is 3.53. The zero-order chi connectivity index (χ0) is 18.4. The average Bonchev–Trinajstić information content (AvgIpc) is 3.04. The molecule has 25 heavy (non-hydrogen) atoms. The van der Waals surface area contributed by atoms with Gasteiger partial charge in [0.2, 0.25) is 5.89 Å². The van der Waals surface area contributed by atoms with E-state index in [0.29, 0.717) is 11.5 Å². The summed E-state index contributed by atoms with van der Waals surface area (Å²) in [6, 6.07) is 7.31. The third kappa shape index (κ3) is 2.81. The van der Waals surface area contributed by atoms with Crippen molar-refractivity contribution in [2.45, 2.75) is 38.8 Å². The van der Waals surface area contributed by atoms with E-state index in [0.717, 1.165) is 12.0 Å². The molecular weight excluding hydrogens is 338 g/mol. The van der Waals surface area contributed by atoms with Crippen molar-refractivity contribution in [3.05, 3.63) is 34.7 Å². The number of nitrogens with zero attached hydrogens (tertiary/aromatic N) is 2. The van der Waals surface area contributed by atoms with E-state index in [2.05, 4.69) is 31.0 Å². The van der Waals surface area contributed by atoms with Crippen molar-refractivity contribution < 1.29 is 13.9 Å². The molecule has 1 heterocycles. The summed E-state index contributed by atoms with van der Waals surface area (Å²) in [6.07, 6.45) is 0.824. The predicted octanol–water partition coefficient (Wildman–Crippen LogP) is 3.67. The number of H-pyrrole nitrogens is 1. The summed E-state index contributed by atoms with van der Waals surface area (Å²) < 4.78 is 10.9. The predicted molar refractivity (Wildman–Crippen MR) is 96.8 cm³/mol. The zero-order valence-electron chi connectivity index (χ0n) is 15.1. The third-order valence-electron chi connectivity index (χ3n) is 5.83. The lowest BCUT2D eigenvalue weighted by Gasteiger charge is -2.61. The highest BCUT2D eigenvalue weighted by Crippen LogP contribution is 2.53. The number of ether oxygens (including phenoxy) is 1. The lowest BCUT2D eigenvalue weighted by molar-refractivity contribution is -0.198. The normalized spacial score (nSPS) is 24.6. The van der Waals surface area contributed by atoms with Crippen molar-refractivity contribution in [3.63, 3.8) is 0 Å². The van der Waals surface area contributed by atoms with Crippen LogP contribution >= 0.6 is 12.2 Å². The molecule has 0 spiro atoms. The highest BCUT2D eigenvalue weighted by Gasteiger charge is 2.59. The summed E-state index contributed by atoms with van der Waals surface area (Å²) in [4.78, 5) is 14.9. The van der Waals surface area contributed by atoms with Crippen molar-refractivity contribution in [2.75, 3.05) is 14.2 Å². The first-order valence-electron chi connectivity index (χ1n) is 8.18. The first-order valence-corrected chi connectivity index (χ1v) is 8.59. The molecule has 0 saturated heterocycles. The summed E-state index contributed by atoms with van der Waals surface area (Å²) in [5.41, 5.74) is 1.07. The van der Waals surface area contributed by atoms with Crippen LogP contribution in [-0.2, 0) is 4.74 Å². The molecule has 6 nitrogen and oxygen atoms in total. The van der Waals surface area contributed by atoms with Gasteiger partial charge in [0.05, 0.1) is 5.60 Å². The van der Waals surface area contributed by atoms with Gasteiger partial charge in [-0.3, -0.25) is 4.79 Å². The van der Waals surface area contributed by atoms with E-state index in [-0.39, 0.29) is 27.8 Å². The molecule has 2 atom stereocenters. The fraction of sp³-hybridized carbons (Fsp3) is 0.500. The SMILES string of the molecule is CO[C@]1(C)C[C@H](N(C)C(=O)c2ccc(-c3n[nH]c(=S)o3)cc2)C1(C)C. The van der Waals surface area contributed by atoms with Crippen LogP contribution in [0.25, 0.3) is 11.5 Å². The molecule has 7 heteroatoms. The number of aromatic nitrogens is 2. The van der Waals surface area contributed by atoms with Crippen LogP contribution in [0.3, 0.4) is 0 Å². The van der Waals surface area contributed by atoms with Gasteiger partial charge in [0, 0.05) is 36.7 Å². The number of carbonyl (C=O) groups excluding carboxylic acids is 1. The van der Waals surface area contributed by atoms with Gasteiger partial charge in [-0.2, -0.15) is 0 Å². The number of methoxy groups -OCH3 is 1. The van der Waals surface area contributed by atoms with Crippen molar-refractivity contribution in [3.8, 4) is 11.5 Å². The quantitative estimate of drug-likeness (QED) is 0.841. The number of benzene rings is 1. The number of amides is 1. The van der Waals surface area contributed by atoms with Crippen LogP contribution in [0.15, 0.2) is 28.7 Å². The molecule has 0 unspecified atom stereocenters. The molecule has 3 rings (SSSR count). The summed E-state index contributed by atoms with van der Waals surface area (Å²) in [7, 11) is 3.58. The Bertz CT molecular complexity index is 840. The molecule has 0 radical (unpaired) electrons. The third-order valence-corrected chi connectivity index (χ3v) is 6.01. The molecular formula is C18H23N3O3S. The average molecular weight is 361 g/mol. The van der Waals surface area contributed by atoms with Gasteiger partial charge in [0.25, 0.3) is 10.7 Å². The monoisotopic (exact) mass is 361 g/mol. The molecule has 1 aromatic heterocycles. The maximum Gasteiger partial charge on any atom is 0.284 e. The number of hydrogen-bond donors (Lipinski definition) is 1. The maximum absolute atomic E-state index is 12.8. The number of rotatable bonds is 4. The first kappa shape index (κ1) is 17.8. The standard InChI is InChI=1S/C18H23N3O3S/c1-17(2)13(10-18(17,3)23-5)21(4)15(22)12-8-6-11(7-9-12)14-19-20-16(25)24-14/h6-9,13H,10H2,1-5H3,(H,20,25)/t13-,18+/m0/s1. The highest BCUT2D eigenvalue weighted by molar-refractivity contribution is 7.71. The molecule has 1 aromatic carbocycles. The Balaban J connectivity index is 1.76. The van der Waals surface area contributed by atoms with Crippen LogP contribution < -0.4 is 0 Å². The summed E-state index contributed by atoms with van der Waals surface area (Å²) in [5.74, 6) is 0.402. The Morgan fingerprint density at radius 1 is 1.36 bits per heavy atom. The fourth-order valence-corrected chi connectivity index (χ4v) is 3.65. The van der Waals surface area contributed by atoms with Crippen LogP contribution in [0.5, 0.6) is 0 Å². The van der Waals surface area contributed by atoms with Gasteiger partial charge in [0.15, 0.2) is 0 Å². The van der Waals surface area contributed by atoms with E-state index in [1.165, 1.54) is 0 Å². The molecule has 1 N–H and O–H groups in total. The highest BCUT2D eigenvalue weighted by atomic mass is 32.1. The van der Waals surface area contributed by atoms with Crippen molar-refractivity contribution in [1.29, 1.82) is 0 Å². The van der Waals surface area contributed by atoms with E-state index in [9.17, 15) is 4.79 Å². The lowest BCUT2D eigenvalue weighted by atomic mass is 9.55. The van der Waals surface area contributed by atoms with Crippen LogP contribution in [0.1, 0.15) is 37.6 Å². The summed E-state index contributed by atoms with van der Waals surface area (Å²) in [5, 5.41) is 6.57. The molecule has 1 amide bonds. The van der Waals surface area contributed by atoms with Gasteiger partial charge in [-0.25, -0.2) is 5.10 Å². The molecule has 0 bridgehead atoms. The lowest BCUT2D eigenvalue weighted by Crippen LogP contribution is -2.68. The smallest absolute Gasteiger partial charge is 0.284 e. The second-order valence-electron chi connectivity index (χ2n) is 7.29. The molecule has 0 aliphatic heterocycles. The summed E-state index contributed by atoms with van der Waals surface area (Å²) in [6.45, 7) is 6.38. The maximum atomic E-state index is 12.8. The van der Waals surface area contributed by atoms with Gasteiger partial charge in [-0.05, 0) is 49.8 Å². The van der Waals surface area contributed by atoms with E-state index < -0.39 is 0 Å². The van der Waals surface area contributed by atoms with Crippen molar-refractivity contribution >= 4 is 18.1 Å². The Hall–Kier alpha value is -1.99. The molecule has 134 valence electrons. The van der Waals surface area contributed by atoms with Gasteiger partial charge in [-0.15, -0.1) is 5.10 Å². The van der Waals surface area contributed by atoms with Crippen molar-refractivity contribution in [2.24, 2.45) is 5.41 Å². The topological polar surface area (TPSA) is 71.4 Å². The Labute approximate surface area is 152 Å². The molecule has 1 aliphatic rings. The van der Waals surface area contributed by atoms with Crippen LogP contribution in [0.2, 0.25) is 0 Å². The molecule has 1 fully saturated rings. The minimum absolute atomic E-state index is 0.00861. The van der Waals surface area contributed by atoms with Gasteiger partial charge >= 0.3 is 0 Å². The van der Waals surface area contributed by atoms with Gasteiger partial charge in [0.1, 0.15) is 0 Å². The molecule has 1 aliphatic carbocycles. The van der Waals surface area contributed by atoms with Gasteiger partial charge in [-0.1, -0.05) is 13.8 Å².